The summed E-state index contributed by atoms with van der Waals surface area (Å²) in [6.45, 7) is 0. The number of aliphatic hydroxyl groups is 1. The summed E-state index contributed by atoms with van der Waals surface area (Å²) in [5.74, 6) is -1.41. The van der Waals surface area contributed by atoms with E-state index in [1.165, 1.54) is 0 Å². The molecular weight excluding hydrogens is 324 g/mol. The number of halogens is 4. The molecule has 2 saturated heterocycles. The van der Waals surface area contributed by atoms with Crippen LogP contribution in [0.4, 0.5) is 17.6 Å². The van der Waals surface area contributed by atoms with Crippen molar-refractivity contribution in [1.82, 2.24) is 0 Å². The van der Waals surface area contributed by atoms with Gasteiger partial charge < -0.3 is 5.11 Å². The highest BCUT2D eigenvalue weighted by Crippen LogP contribution is 2.48. The first-order valence-electron chi connectivity index (χ1n) is 6.86. The zero-order valence-electron chi connectivity index (χ0n) is 11.4. The molecule has 1 N–H and O–H groups in total. The molecule has 2 fully saturated rings. The third kappa shape index (κ3) is 2.32. The molecule has 0 spiro atoms. The molecule has 2 atom stereocenters. The lowest BCUT2D eigenvalue weighted by Crippen LogP contribution is -2.43. The minimum absolute atomic E-state index is 0.0759. The summed E-state index contributed by atoms with van der Waals surface area (Å²) in [6, 6.07) is 2.36. The number of hydrogen-bond acceptors (Lipinski definition) is 3. The highest BCUT2D eigenvalue weighted by Gasteiger charge is 2.53. The lowest BCUT2D eigenvalue weighted by molar-refractivity contribution is -0.140. The van der Waals surface area contributed by atoms with Crippen LogP contribution in [0.3, 0.4) is 0 Å². The second kappa shape index (κ2) is 4.67. The molecule has 3 rings (SSSR count). The fourth-order valence-electron chi connectivity index (χ4n) is 3.51. The van der Waals surface area contributed by atoms with Crippen LogP contribution in [0.5, 0.6) is 0 Å². The molecule has 2 bridgehead atoms. The van der Waals surface area contributed by atoms with Gasteiger partial charge in [-0.2, -0.15) is 13.2 Å². The van der Waals surface area contributed by atoms with E-state index in [0.29, 0.717) is 25.0 Å². The maximum Gasteiger partial charge on any atom is 0.419 e. The molecule has 1 aromatic carbocycles. The van der Waals surface area contributed by atoms with Crippen LogP contribution in [0.15, 0.2) is 18.2 Å². The van der Waals surface area contributed by atoms with Crippen molar-refractivity contribution in [2.75, 3.05) is 0 Å². The Balaban J connectivity index is 2.02. The van der Waals surface area contributed by atoms with Gasteiger partial charge in [0.1, 0.15) is 5.82 Å². The van der Waals surface area contributed by atoms with E-state index in [-0.39, 0.29) is 18.4 Å². The molecule has 22 heavy (non-hydrogen) atoms. The van der Waals surface area contributed by atoms with Crippen LogP contribution < -0.4 is 0 Å². The van der Waals surface area contributed by atoms with Gasteiger partial charge in [-0.05, 0) is 43.4 Å². The second-order valence-electron chi connectivity index (χ2n) is 6.04. The lowest BCUT2D eigenvalue weighted by atomic mass is 9.85. The fourth-order valence-corrected chi connectivity index (χ4v) is 6.00. The largest absolute Gasteiger partial charge is 0.419 e. The molecule has 0 aliphatic carbocycles. The van der Waals surface area contributed by atoms with Crippen LogP contribution in [0.1, 0.15) is 36.8 Å². The van der Waals surface area contributed by atoms with E-state index in [2.05, 4.69) is 0 Å². The Hall–Kier alpha value is -1.15. The summed E-state index contributed by atoms with van der Waals surface area (Å²) in [4.78, 5) is 0. The maximum atomic E-state index is 13.3. The summed E-state index contributed by atoms with van der Waals surface area (Å²) in [6.07, 6.45) is -4.34. The van der Waals surface area contributed by atoms with Gasteiger partial charge in [-0.3, -0.25) is 0 Å². The molecule has 2 aliphatic rings. The van der Waals surface area contributed by atoms with Crippen molar-refractivity contribution in [2.45, 2.75) is 48.0 Å². The lowest BCUT2D eigenvalue weighted by Gasteiger charge is -2.36. The average molecular weight is 338 g/mol. The van der Waals surface area contributed by atoms with E-state index in [4.69, 9.17) is 0 Å². The number of alkyl halides is 3. The topological polar surface area (TPSA) is 54.4 Å². The van der Waals surface area contributed by atoms with Gasteiger partial charge in [0.25, 0.3) is 0 Å². The third-order valence-corrected chi connectivity index (χ3v) is 7.34. The van der Waals surface area contributed by atoms with Gasteiger partial charge in [0.05, 0.1) is 21.7 Å². The van der Waals surface area contributed by atoms with E-state index in [0.717, 1.165) is 6.07 Å². The Labute approximate surface area is 124 Å². The molecule has 1 aromatic rings. The fraction of sp³-hybridized carbons (Fsp3) is 0.571. The number of rotatable bonds is 1. The first kappa shape index (κ1) is 15.7. The number of fused-ring (bicyclic) bond motifs is 2. The Morgan fingerprint density at radius 2 is 1.68 bits per heavy atom. The van der Waals surface area contributed by atoms with Gasteiger partial charge in [-0.15, -0.1) is 0 Å². The first-order valence-corrected chi connectivity index (χ1v) is 8.47. The van der Waals surface area contributed by atoms with Crippen molar-refractivity contribution < 1.29 is 31.1 Å². The van der Waals surface area contributed by atoms with Crippen molar-refractivity contribution in [3.8, 4) is 0 Å². The Kier molecular flexibility index (Phi) is 3.34. The molecule has 0 radical (unpaired) electrons. The molecule has 122 valence electrons. The smallest absolute Gasteiger partial charge is 0.385 e. The molecule has 2 aliphatic heterocycles. The summed E-state index contributed by atoms with van der Waals surface area (Å²) in [7, 11) is -3.31. The summed E-state index contributed by atoms with van der Waals surface area (Å²) >= 11 is 0. The van der Waals surface area contributed by atoms with E-state index in [9.17, 15) is 31.1 Å². The highest BCUT2D eigenvalue weighted by atomic mass is 32.2. The van der Waals surface area contributed by atoms with E-state index in [1.54, 1.807) is 0 Å². The van der Waals surface area contributed by atoms with Crippen LogP contribution >= 0.6 is 0 Å². The number of hydrogen-bond donors (Lipinski definition) is 1. The zero-order chi connectivity index (χ0) is 16.3. The van der Waals surface area contributed by atoms with Gasteiger partial charge >= 0.3 is 6.18 Å². The van der Waals surface area contributed by atoms with Crippen LogP contribution in [0, 0.1) is 5.82 Å². The number of benzene rings is 1. The first-order chi connectivity index (χ1) is 10.0. The van der Waals surface area contributed by atoms with Crippen molar-refractivity contribution >= 4 is 9.84 Å². The van der Waals surface area contributed by atoms with Crippen LogP contribution in [0.25, 0.3) is 0 Å². The van der Waals surface area contributed by atoms with E-state index < -0.39 is 43.5 Å². The van der Waals surface area contributed by atoms with E-state index in [1.807, 2.05) is 0 Å². The van der Waals surface area contributed by atoms with Gasteiger partial charge in [0.2, 0.25) is 0 Å². The summed E-state index contributed by atoms with van der Waals surface area (Å²) < 4.78 is 75.8. The summed E-state index contributed by atoms with van der Waals surface area (Å²) in [5, 5.41) is 9.20. The van der Waals surface area contributed by atoms with Crippen LogP contribution in [0.2, 0.25) is 0 Å². The summed E-state index contributed by atoms with van der Waals surface area (Å²) in [5.41, 5.74) is -3.18. The average Bonchev–Trinajstić information content (AvgIpc) is 2.58. The van der Waals surface area contributed by atoms with Crippen molar-refractivity contribution in [1.29, 1.82) is 0 Å². The number of sulfone groups is 1. The van der Waals surface area contributed by atoms with Gasteiger partial charge in [-0.1, -0.05) is 6.07 Å². The minimum Gasteiger partial charge on any atom is -0.385 e. The molecule has 2 heterocycles. The monoisotopic (exact) mass is 338 g/mol. The standard InChI is InChI=1S/C14H14F4O3S/c15-12-4-1-8(5-11(12)14(16,17)18)13(19)6-9-2-3-10(7-13)22(9,20)21/h1,4-5,9-10,19H,2-3,6-7H2. The minimum atomic E-state index is -4.86. The molecule has 2 unspecified atom stereocenters. The quantitative estimate of drug-likeness (QED) is 0.801. The molecule has 0 saturated carbocycles. The van der Waals surface area contributed by atoms with Gasteiger partial charge in [-0.25, -0.2) is 12.8 Å². The maximum absolute atomic E-state index is 13.3. The van der Waals surface area contributed by atoms with Crippen LogP contribution in [-0.4, -0.2) is 24.0 Å². The third-order valence-electron chi connectivity index (χ3n) is 4.68. The molecular formula is C14H14F4O3S. The van der Waals surface area contributed by atoms with Gasteiger partial charge in [0, 0.05) is 0 Å². The SMILES string of the molecule is O=S1(=O)C2CCC1CC(O)(c1ccc(F)c(C(F)(F)F)c1)C2. The second-order valence-corrected chi connectivity index (χ2v) is 8.55. The highest BCUT2D eigenvalue weighted by molar-refractivity contribution is 7.93. The van der Waals surface area contributed by atoms with Crippen LogP contribution in [-0.2, 0) is 21.6 Å². The molecule has 0 amide bonds. The zero-order valence-corrected chi connectivity index (χ0v) is 12.2. The normalized spacial score (nSPS) is 33.9. The van der Waals surface area contributed by atoms with Gasteiger partial charge in [0.15, 0.2) is 9.84 Å². The van der Waals surface area contributed by atoms with Crippen molar-refractivity contribution in [2.24, 2.45) is 0 Å². The molecule has 3 nitrogen and oxygen atoms in total. The predicted molar refractivity (Wildman–Crippen MR) is 70.3 cm³/mol. The van der Waals surface area contributed by atoms with Crippen molar-refractivity contribution in [3.63, 3.8) is 0 Å². The Morgan fingerprint density at radius 3 is 2.18 bits per heavy atom. The van der Waals surface area contributed by atoms with E-state index >= 15 is 0 Å². The van der Waals surface area contributed by atoms with Crippen molar-refractivity contribution in [3.05, 3.63) is 35.1 Å². The Morgan fingerprint density at radius 1 is 1.14 bits per heavy atom. The Bertz CT molecular complexity index is 691. The predicted octanol–water partition coefficient (Wildman–Crippen LogP) is 2.77. The molecule has 8 heteroatoms. The molecule has 0 aromatic heterocycles.